The highest BCUT2D eigenvalue weighted by Crippen LogP contribution is 2.44. The first kappa shape index (κ1) is 17.1. The molecule has 0 bridgehead atoms. The van der Waals surface area contributed by atoms with Crippen LogP contribution in [0.2, 0.25) is 0 Å². The maximum absolute atomic E-state index is 13.2. The quantitative estimate of drug-likeness (QED) is 0.774. The first-order valence-electron chi connectivity index (χ1n) is 7.61. The van der Waals surface area contributed by atoms with Crippen molar-refractivity contribution < 1.29 is 22.7 Å². The zero-order valence-electron chi connectivity index (χ0n) is 13.9. The number of benzene rings is 2. The number of fused-ring (bicyclic) bond motifs is 1. The number of nitrogen functional groups attached to an aromatic ring is 1. The Balaban J connectivity index is 2.21. The predicted octanol–water partition coefficient (Wildman–Crippen LogP) is 4.43. The summed E-state index contributed by atoms with van der Waals surface area (Å²) in [5.41, 5.74) is 4.76. The summed E-state index contributed by atoms with van der Waals surface area (Å²) in [6.45, 7) is 4.51. The molecule has 132 valence electrons. The van der Waals surface area contributed by atoms with Crippen LogP contribution < -0.4 is 15.4 Å². The van der Waals surface area contributed by atoms with Crippen LogP contribution in [0.15, 0.2) is 36.4 Å². The van der Waals surface area contributed by atoms with Crippen molar-refractivity contribution in [2.75, 3.05) is 10.6 Å². The summed E-state index contributed by atoms with van der Waals surface area (Å²) < 4.78 is 45.4. The molecule has 7 heteroatoms. The number of hydrogen-bond donors (Lipinski definition) is 1. The number of anilines is 3. The van der Waals surface area contributed by atoms with Crippen LogP contribution in [-0.4, -0.2) is 11.5 Å². The average Bonchev–Trinajstić information content (AvgIpc) is 2.48. The summed E-state index contributed by atoms with van der Waals surface area (Å²) in [6, 6.07) is 8.50. The van der Waals surface area contributed by atoms with Crippen molar-refractivity contribution in [3.63, 3.8) is 0 Å². The Labute approximate surface area is 143 Å². The highest BCUT2D eigenvalue weighted by molar-refractivity contribution is 6.08. The van der Waals surface area contributed by atoms with Gasteiger partial charge in [0.15, 0.2) is 5.60 Å². The van der Waals surface area contributed by atoms with E-state index in [4.69, 9.17) is 10.5 Å². The fraction of sp³-hybridized carbons (Fsp3) is 0.278. The van der Waals surface area contributed by atoms with Gasteiger partial charge in [0, 0.05) is 17.4 Å². The van der Waals surface area contributed by atoms with Crippen molar-refractivity contribution in [3.05, 3.63) is 47.5 Å². The molecule has 1 aliphatic rings. The number of nitrogens with two attached hydrogens (primary N) is 1. The molecule has 0 radical (unpaired) electrons. The van der Waals surface area contributed by atoms with Gasteiger partial charge in [-0.15, -0.1) is 0 Å². The average molecular weight is 350 g/mol. The summed E-state index contributed by atoms with van der Waals surface area (Å²) in [7, 11) is 0. The standard InChI is InChI=1S/C18H17F3N2O2/c1-10-4-6-12(9-13(10)18(19,20)21)23-14-7-5-11(22)8-15(14)25-17(2,3)16(23)24/h4-9H,22H2,1-3H3. The fourth-order valence-corrected chi connectivity index (χ4v) is 2.81. The van der Waals surface area contributed by atoms with Gasteiger partial charge in [-0.1, -0.05) is 6.07 Å². The van der Waals surface area contributed by atoms with Crippen molar-refractivity contribution in [1.29, 1.82) is 0 Å². The smallest absolute Gasteiger partial charge is 0.416 e. The van der Waals surface area contributed by atoms with Crippen molar-refractivity contribution in [1.82, 2.24) is 0 Å². The second kappa shape index (κ2) is 5.40. The van der Waals surface area contributed by atoms with Gasteiger partial charge in [0.1, 0.15) is 5.75 Å². The van der Waals surface area contributed by atoms with Gasteiger partial charge in [-0.05, 0) is 50.6 Å². The Morgan fingerprint density at radius 3 is 2.44 bits per heavy atom. The second-order valence-corrected chi connectivity index (χ2v) is 6.48. The van der Waals surface area contributed by atoms with Gasteiger partial charge in [-0.2, -0.15) is 13.2 Å². The predicted molar refractivity (Wildman–Crippen MR) is 88.9 cm³/mol. The van der Waals surface area contributed by atoms with Gasteiger partial charge in [0.05, 0.1) is 11.3 Å². The Kier molecular flexibility index (Phi) is 3.70. The van der Waals surface area contributed by atoms with E-state index in [2.05, 4.69) is 0 Å². The van der Waals surface area contributed by atoms with Gasteiger partial charge >= 0.3 is 6.18 Å². The molecule has 2 N–H and O–H groups in total. The van der Waals surface area contributed by atoms with Crippen molar-refractivity contribution >= 4 is 23.0 Å². The van der Waals surface area contributed by atoms with E-state index in [9.17, 15) is 18.0 Å². The first-order valence-corrected chi connectivity index (χ1v) is 7.61. The maximum atomic E-state index is 13.2. The number of hydrogen-bond acceptors (Lipinski definition) is 3. The number of alkyl halides is 3. The van der Waals surface area contributed by atoms with Gasteiger partial charge in [-0.25, -0.2) is 0 Å². The van der Waals surface area contributed by atoms with Crippen LogP contribution in [0.1, 0.15) is 25.0 Å². The highest BCUT2D eigenvalue weighted by atomic mass is 19.4. The highest BCUT2D eigenvalue weighted by Gasteiger charge is 2.42. The molecule has 0 aliphatic carbocycles. The van der Waals surface area contributed by atoms with Crippen LogP contribution >= 0.6 is 0 Å². The van der Waals surface area contributed by atoms with E-state index in [0.29, 0.717) is 17.1 Å². The van der Waals surface area contributed by atoms with Crippen LogP contribution in [0, 0.1) is 6.92 Å². The number of carbonyl (C=O) groups is 1. The molecular weight excluding hydrogens is 333 g/mol. The topological polar surface area (TPSA) is 55.6 Å². The van der Waals surface area contributed by atoms with Gasteiger partial charge in [0.25, 0.3) is 5.91 Å². The molecule has 3 rings (SSSR count). The van der Waals surface area contributed by atoms with Crippen molar-refractivity contribution in [2.45, 2.75) is 32.5 Å². The summed E-state index contributed by atoms with van der Waals surface area (Å²) in [5.74, 6) is -0.111. The lowest BCUT2D eigenvalue weighted by Crippen LogP contribution is -2.50. The minimum atomic E-state index is -4.51. The lowest BCUT2D eigenvalue weighted by atomic mass is 10.0. The summed E-state index contributed by atoms with van der Waals surface area (Å²) in [6.07, 6.45) is -4.51. The molecule has 4 nitrogen and oxygen atoms in total. The number of aryl methyl sites for hydroxylation is 1. The monoisotopic (exact) mass is 350 g/mol. The summed E-state index contributed by atoms with van der Waals surface area (Å²) >= 11 is 0. The fourth-order valence-electron chi connectivity index (χ4n) is 2.81. The van der Waals surface area contributed by atoms with E-state index in [1.807, 2.05) is 0 Å². The van der Waals surface area contributed by atoms with Crippen LogP contribution in [0.3, 0.4) is 0 Å². The van der Waals surface area contributed by atoms with E-state index in [1.165, 1.54) is 24.0 Å². The van der Waals surface area contributed by atoms with E-state index in [-0.39, 0.29) is 11.3 Å². The largest absolute Gasteiger partial charge is 0.476 e. The molecule has 1 aliphatic heterocycles. The third-order valence-corrected chi connectivity index (χ3v) is 4.09. The third kappa shape index (κ3) is 2.90. The number of nitrogens with zero attached hydrogens (tertiary/aromatic N) is 1. The van der Waals surface area contributed by atoms with Crippen LogP contribution in [0.4, 0.5) is 30.2 Å². The zero-order chi connectivity index (χ0) is 18.6. The molecule has 0 saturated heterocycles. The number of amides is 1. The zero-order valence-corrected chi connectivity index (χ0v) is 13.9. The third-order valence-electron chi connectivity index (χ3n) is 4.09. The first-order chi connectivity index (χ1) is 11.5. The van der Waals surface area contributed by atoms with Crippen molar-refractivity contribution in [3.8, 4) is 5.75 Å². The van der Waals surface area contributed by atoms with E-state index >= 15 is 0 Å². The minimum Gasteiger partial charge on any atom is -0.476 e. The van der Waals surface area contributed by atoms with Crippen molar-refractivity contribution in [2.24, 2.45) is 0 Å². The molecule has 0 spiro atoms. The van der Waals surface area contributed by atoms with E-state index in [0.717, 1.165) is 6.07 Å². The van der Waals surface area contributed by atoms with E-state index in [1.54, 1.807) is 32.0 Å². The molecule has 0 unspecified atom stereocenters. The lowest BCUT2D eigenvalue weighted by molar-refractivity contribution is -0.138. The summed E-state index contributed by atoms with van der Waals surface area (Å²) in [4.78, 5) is 14.1. The summed E-state index contributed by atoms with van der Waals surface area (Å²) in [5, 5.41) is 0. The molecule has 0 atom stereocenters. The number of rotatable bonds is 1. The van der Waals surface area contributed by atoms with Gasteiger partial charge < -0.3 is 10.5 Å². The Morgan fingerprint density at radius 2 is 1.80 bits per heavy atom. The van der Waals surface area contributed by atoms with Gasteiger partial charge in [-0.3, -0.25) is 9.69 Å². The molecule has 25 heavy (non-hydrogen) atoms. The SMILES string of the molecule is Cc1ccc(N2C(=O)C(C)(C)Oc3cc(N)ccc32)cc1C(F)(F)F. The lowest BCUT2D eigenvalue weighted by Gasteiger charge is -2.39. The molecule has 0 aromatic heterocycles. The molecule has 2 aromatic carbocycles. The Morgan fingerprint density at radius 1 is 1.12 bits per heavy atom. The molecule has 2 aromatic rings. The maximum Gasteiger partial charge on any atom is 0.416 e. The second-order valence-electron chi connectivity index (χ2n) is 6.48. The number of carbonyl (C=O) groups excluding carboxylic acids is 1. The Bertz CT molecular complexity index is 860. The van der Waals surface area contributed by atoms with Gasteiger partial charge in [0.2, 0.25) is 0 Å². The molecule has 1 amide bonds. The number of ether oxygens (including phenoxy) is 1. The molecule has 0 fully saturated rings. The Hall–Kier alpha value is -2.70. The molecular formula is C18H17F3N2O2. The van der Waals surface area contributed by atoms with Crippen LogP contribution in [0.5, 0.6) is 5.75 Å². The van der Waals surface area contributed by atoms with Crippen LogP contribution in [-0.2, 0) is 11.0 Å². The minimum absolute atomic E-state index is 0.0914. The molecule has 0 saturated carbocycles. The number of halogens is 3. The van der Waals surface area contributed by atoms with E-state index < -0.39 is 23.2 Å². The molecule has 1 heterocycles. The normalized spacial score (nSPS) is 16.4. The van der Waals surface area contributed by atoms with Crippen LogP contribution in [0.25, 0.3) is 0 Å².